The normalized spacial score (nSPS) is 16.4. The Morgan fingerprint density at radius 3 is 2.46 bits per heavy atom. The third-order valence-corrected chi connectivity index (χ3v) is 4.57. The standard InChI is InChI=1S/C21H23NO6/c1-22(12-17-13-27-9-10-28-17)20(24)15-5-3-14(4-6-15)18-8-7-16(11-19(18)23)21(25)26-2/h3-8,11,17,23H,9-10,12-13H2,1-2H3/t17-/m1/s1. The van der Waals surface area contributed by atoms with E-state index >= 15 is 0 Å². The molecule has 0 spiro atoms. The Hall–Kier alpha value is -2.90. The Labute approximate surface area is 163 Å². The van der Waals surface area contributed by atoms with E-state index in [0.29, 0.717) is 37.5 Å². The second-order valence-electron chi connectivity index (χ2n) is 6.55. The van der Waals surface area contributed by atoms with Crippen molar-refractivity contribution < 1.29 is 28.9 Å². The molecule has 1 atom stereocenters. The van der Waals surface area contributed by atoms with Gasteiger partial charge < -0.3 is 24.2 Å². The van der Waals surface area contributed by atoms with Crippen molar-refractivity contribution in [1.82, 2.24) is 4.90 Å². The molecule has 2 aromatic rings. The molecule has 1 amide bonds. The summed E-state index contributed by atoms with van der Waals surface area (Å²) < 4.78 is 15.6. The van der Waals surface area contributed by atoms with E-state index in [1.165, 1.54) is 13.2 Å². The average Bonchev–Trinajstić information content (AvgIpc) is 2.73. The molecule has 148 valence electrons. The van der Waals surface area contributed by atoms with Crippen molar-refractivity contribution in [3.8, 4) is 16.9 Å². The van der Waals surface area contributed by atoms with Gasteiger partial charge in [0, 0.05) is 24.7 Å². The smallest absolute Gasteiger partial charge is 0.337 e. The minimum Gasteiger partial charge on any atom is -0.507 e. The van der Waals surface area contributed by atoms with Gasteiger partial charge in [0.2, 0.25) is 0 Å². The molecule has 3 rings (SSSR count). The first-order valence-electron chi connectivity index (χ1n) is 8.96. The predicted molar refractivity (Wildman–Crippen MR) is 102 cm³/mol. The molecule has 7 nitrogen and oxygen atoms in total. The molecule has 1 aliphatic rings. The fraction of sp³-hybridized carbons (Fsp3) is 0.333. The van der Waals surface area contributed by atoms with Gasteiger partial charge in [-0.3, -0.25) is 4.79 Å². The Bertz CT molecular complexity index is 842. The van der Waals surface area contributed by atoms with E-state index in [-0.39, 0.29) is 23.3 Å². The Morgan fingerprint density at radius 2 is 1.86 bits per heavy atom. The summed E-state index contributed by atoms with van der Waals surface area (Å²) in [6.07, 6.45) is -0.118. The van der Waals surface area contributed by atoms with Crippen molar-refractivity contribution in [2.45, 2.75) is 6.10 Å². The lowest BCUT2D eigenvalue weighted by Crippen LogP contribution is -2.40. The predicted octanol–water partition coefficient (Wildman–Crippen LogP) is 2.33. The number of hydrogen-bond acceptors (Lipinski definition) is 6. The summed E-state index contributed by atoms with van der Waals surface area (Å²) in [7, 11) is 3.01. The summed E-state index contributed by atoms with van der Waals surface area (Å²) in [5.74, 6) is -0.669. The maximum atomic E-state index is 12.6. The van der Waals surface area contributed by atoms with Crippen LogP contribution in [0.4, 0.5) is 0 Å². The van der Waals surface area contributed by atoms with Crippen LogP contribution in [0.25, 0.3) is 11.1 Å². The fourth-order valence-electron chi connectivity index (χ4n) is 3.06. The van der Waals surface area contributed by atoms with E-state index < -0.39 is 5.97 Å². The van der Waals surface area contributed by atoms with Crippen LogP contribution >= 0.6 is 0 Å². The molecule has 1 heterocycles. The van der Waals surface area contributed by atoms with E-state index in [4.69, 9.17) is 9.47 Å². The number of nitrogens with zero attached hydrogens (tertiary/aromatic N) is 1. The van der Waals surface area contributed by atoms with E-state index in [2.05, 4.69) is 4.74 Å². The zero-order chi connectivity index (χ0) is 20.1. The number of methoxy groups -OCH3 is 1. The number of carbonyl (C=O) groups is 2. The molecule has 1 aliphatic heterocycles. The van der Waals surface area contributed by atoms with Crippen LogP contribution in [0.1, 0.15) is 20.7 Å². The lowest BCUT2D eigenvalue weighted by Gasteiger charge is -2.27. The highest BCUT2D eigenvalue weighted by Crippen LogP contribution is 2.30. The van der Waals surface area contributed by atoms with E-state index in [9.17, 15) is 14.7 Å². The minimum atomic E-state index is -0.516. The SMILES string of the molecule is COC(=O)c1ccc(-c2ccc(C(=O)N(C)C[C@@H]3COCCO3)cc2)c(O)c1. The number of phenolic OH excluding ortho intramolecular Hbond substituents is 1. The number of amides is 1. The minimum absolute atomic E-state index is 0.0338. The lowest BCUT2D eigenvalue weighted by molar-refractivity contribution is -0.0933. The molecule has 1 saturated heterocycles. The molecular formula is C21H23NO6. The van der Waals surface area contributed by atoms with Crippen LogP contribution in [-0.4, -0.2) is 68.5 Å². The zero-order valence-corrected chi connectivity index (χ0v) is 15.9. The molecule has 1 fully saturated rings. The highest BCUT2D eigenvalue weighted by Gasteiger charge is 2.20. The Balaban J connectivity index is 1.70. The van der Waals surface area contributed by atoms with Crippen molar-refractivity contribution in [2.75, 3.05) is 40.5 Å². The van der Waals surface area contributed by atoms with Crippen LogP contribution in [0.15, 0.2) is 42.5 Å². The largest absolute Gasteiger partial charge is 0.507 e. The van der Waals surface area contributed by atoms with Crippen LogP contribution in [0, 0.1) is 0 Å². The third-order valence-electron chi connectivity index (χ3n) is 4.57. The summed E-state index contributed by atoms with van der Waals surface area (Å²) in [5, 5.41) is 10.2. The highest BCUT2D eigenvalue weighted by molar-refractivity contribution is 5.95. The van der Waals surface area contributed by atoms with Gasteiger partial charge in [0.15, 0.2) is 0 Å². The maximum absolute atomic E-state index is 12.6. The second-order valence-corrected chi connectivity index (χ2v) is 6.55. The molecule has 7 heteroatoms. The lowest BCUT2D eigenvalue weighted by atomic mass is 10.0. The summed E-state index contributed by atoms with van der Waals surface area (Å²) in [6, 6.07) is 11.5. The van der Waals surface area contributed by atoms with E-state index in [0.717, 1.165) is 5.56 Å². The number of rotatable bonds is 5. The maximum Gasteiger partial charge on any atom is 0.337 e. The number of aromatic hydroxyl groups is 1. The molecule has 0 unspecified atom stereocenters. The van der Waals surface area contributed by atoms with Crippen molar-refractivity contribution >= 4 is 11.9 Å². The van der Waals surface area contributed by atoms with Gasteiger partial charge in [-0.15, -0.1) is 0 Å². The fourth-order valence-corrected chi connectivity index (χ4v) is 3.06. The van der Waals surface area contributed by atoms with Gasteiger partial charge in [0.25, 0.3) is 5.91 Å². The molecule has 2 aromatic carbocycles. The Kier molecular flexibility index (Phi) is 6.28. The van der Waals surface area contributed by atoms with Crippen molar-refractivity contribution in [2.24, 2.45) is 0 Å². The molecule has 0 saturated carbocycles. The van der Waals surface area contributed by atoms with Gasteiger partial charge in [0.1, 0.15) is 5.75 Å². The average molecular weight is 385 g/mol. The topological polar surface area (TPSA) is 85.3 Å². The zero-order valence-electron chi connectivity index (χ0n) is 15.9. The van der Waals surface area contributed by atoms with Crippen molar-refractivity contribution in [1.29, 1.82) is 0 Å². The van der Waals surface area contributed by atoms with Gasteiger partial charge >= 0.3 is 5.97 Å². The molecule has 28 heavy (non-hydrogen) atoms. The van der Waals surface area contributed by atoms with Crippen LogP contribution < -0.4 is 0 Å². The van der Waals surface area contributed by atoms with E-state index in [1.807, 2.05) is 0 Å². The molecular weight excluding hydrogens is 362 g/mol. The summed E-state index contributed by atoms with van der Waals surface area (Å²) >= 11 is 0. The first-order valence-corrected chi connectivity index (χ1v) is 8.96. The number of ether oxygens (including phenoxy) is 3. The van der Waals surface area contributed by atoms with Crippen molar-refractivity contribution in [3.63, 3.8) is 0 Å². The van der Waals surface area contributed by atoms with Gasteiger partial charge in [-0.2, -0.15) is 0 Å². The highest BCUT2D eigenvalue weighted by atomic mass is 16.6. The molecule has 0 bridgehead atoms. The number of benzene rings is 2. The molecule has 1 N–H and O–H groups in total. The first-order chi connectivity index (χ1) is 13.5. The van der Waals surface area contributed by atoms with Crippen LogP contribution in [0.3, 0.4) is 0 Å². The molecule has 0 aromatic heterocycles. The van der Waals surface area contributed by atoms with Gasteiger partial charge in [-0.25, -0.2) is 4.79 Å². The number of phenols is 1. The molecule has 0 aliphatic carbocycles. The summed E-state index contributed by atoms with van der Waals surface area (Å²) in [4.78, 5) is 25.8. The van der Waals surface area contributed by atoms with Crippen LogP contribution in [0.5, 0.6) is 5.75 Å². The third kappa shape index (κ3) is 4.49. The number of hydrogen-bond donors (Lipinski definition) is 1. The van der Waals surface area contributed by atoms with Gasteiger partial charge in [-0.1, -0.05) is 12.1 Å². The van der Waals surface area contributed by atoms with Crippen LogP contribution in [0.2, 0.25) is 0 Å². The second kappa shape index (κ2) is 8.86. The van der Waals surface area contributed by atoms with Gasteiger partial charge in [-0.05, 0) is 35.9 Å². The monoisotopic (exact) mass is 385 g/mol. The summed E-state index contributed by atoms with van der Waals surface area (Å²) in [6.45, 7) is 2.07. The molecule has 0 radical (unpaired) electrons. The first kappa shape index (κ1) is 19.9. The summed E-state index contributed by atoms with van der Waals surface area (Å²) in [5.41, 5.74) is 2.10. The number of esters is 1. The Morgan fingerprint density at radius 1 is 1.14 bits per heavy atom. The van der Waals surface area contributed by atoms with E-state index in [1.54, 1.807) is 48.3 Å². The quantitative estimate of drug-likeness (QED) is 0.795. The van der Waals surface area contributed by atoms with Crippen molar-refractivity contribution in [3.05, 3.63) is 53.6 Å². The number of carbonyl (C=O) groups excluding carboxylic acids is 2. The van der Waals surface area contributed by atoms with Crippen LogP contribution in [-0.2, 0) is 14.2 Å². The van der Waals surface area contributed by atoms with Gasteiger partial charge in [0.05, 0.1) is 38.6 Å². The number of likely N-dealkylation sites (N-methyl/N-ethyl adjacent to an activating group) is 1.